The first kappa shape index (κ1) is 18.0. The fourth-order valence-corrected chi connectivity index (χ4v) is 2.57. The fraction of sp³-hybridized carbons (Fsp3) is 0.200. The van der Waals surface area contributed by atoms with Crippen LogP contribution >= 0.6 is 11.8 Å². The Labute approximate surface area is 147 Å². The number of amides is 1. The molecule has 0 aliphatic rings. The van der Waals surface area contributed by atoms with E-state index in [1.54, 1.807) is 18.2 Å². The van der Waals surface area contributed by atoms with Crippen LogP contribution in [0.5, 0.6) is 0 Å². The van der Waals surface area contributed by atoms with Gasteiger partial charge in [-0.3, -0.25) is 9.59 Å². The molecule has 3 nitrogen and oxygen atoms in total. The topological polar surface area (TPSA) is 46.2 Å². The maximum atomic E-state index is 12.2. The van der Waals surface area contributed by atoms with Crippen LogP contribution in [0.25, 0.3) is 6.08 Å². The van der Waals surface area contributed by atoms with E-state index in [-0.39, 0.29) is 11.0 Å². The molecule has 0 aliphatic heterocycles. The van der Waals surface area contributed by atoms with Gasteiger partial charge in [0.2, 0.25) is 11.0 Å². The van der Waals surface area contributed by atoms with Crippen molar-refractivity contribution < 1.29 is 9.59 Å². The first-order valence-corrected chi connectivity index (χ1v) is 8.53. The summed E-state index contributed by atoms with van der Waals surface area (Å²) in [5.41, 5.74) is 1.14. The van der Waals surface area contributed by atoms with E-state index >= 15 is 0 Å². The van der Waals surface area contributed by atoms with Gasteiger partial charge in [0.05, 0.1) is 5.69 Å². The van der Waals surface area contributed by atoms with E-state index in [1.165, 1.54) is 0 Å². The Morgan fingerprint density at radius 3 is 2.25 bits per heavy atom. The first-order chi connectivity index (χ1) is 11.4. The predicted molar refractivity (Wildman–Crippen MR) is 101 cm³/mol. The van der Waals surface area contributed by atoms with Crippen LogP contribution in [-0.2, 0) is 9.59 Å². The molecule has 1 amide bonds. The molecule has 24 heavy (non-hydrogen) atoms. The van der Waals surface area contributed by atoms with Crippen LogP contribution in [0, 0.1) is 5.41 Å². The molecule has 0 unspecified atom stereocenters. The molecule has 4 heteroatoms. The summed E-state index contributed by atoms with van der Waals surface area (Å²) in [7, 11) is 0. The van der Waals surface area contributed by atoms with Crippen LogP contribution in [0.2, 0.25) is 0 Å². The second kappa shape index (κ2) is 7.97. The Kier molecular flexibility index (Phi) is 5.99. The Balaban J connectivity index is 2.08. The molecule has 1 N–H and O–H groups in total. The van der Waals surface area contributed by atoms with Gasteiger partial charge in [-0.1, -0.05) is 69.3 Å². The first-order valence-electron chi connectivity index (χ1n) is 7.72. The zero-order valence-corrected chi connectivity index (χ0v) is 14.9. The van der Waals surface area contributed by atoms with Crippen molar-refractivity contribution in [1.29, 1.82) is 0 Å². The molecule has 124 valence electrons. The minimum absolute atomic E-state index is 0.0807. The average molecular weight is 339 g/mol. The molecule has 0 heterocycles. The van der Waals surface area contributed by atoms with Crippen LogP contribution in [0.15, 0.2) is 65.6 Å². The van der Waals surface area contributed by atoms with E-state index in [9.17, 15) is 9.59 Å². The number of rotatable bonds is 4. The maximum Gasteiger partial charge on any atom is 0.229 e. The number of thioether (sulfide) groups is 1. The Hall–Kier alpha value is -2.33. The van der Waals surface area contributed by atoms with Gasteiger partial charge in [0.1, 0.15) is 0 Å². The van der Waals surface area contributed by atoms with Crippen molar-refractivity contribution in [2.24, 2.45) is 5.41 Å². The summed E-state index contributed by atoms with van der Waals surface area (Å²) in [5.74, 6) is -0.0807. The van der Waals surface area contributed by atoms with Gasteiger partial charge >= 0.3 is 0 Å². The van der Waals surface area contributed by atoms with Crippen molar-refractivity contribution in [2.45, 2.75) is 25.7 Å². The molecule has 2 aromatic carbocycles. The number of para-hydroxylation sites is 1. The van der Waals surface area contributed by atoms with Gasteiger partial charge in [0, 0.05) is 10.3 Å². The number of nitrogens with one attached hydrogen (secondary N) is 1. The van der Waals surface area contributed by atoms with Crippen molar-refractivity contribution >= 4 is 34.5 Å². The van der Waals surface area contributed by atoms with Gasteiger partial charge in [-0.15, -0.1) is 0 Å². The van der Waals surface area contributed by atoms with Gasteiger partial charge in [0.25, 0.3) is 0 Å². The monoisotopic (exact) mass is 339 g/mol. The molecule has 0 spiro atoms. The Morgan fingerprint density at radius 2 is 1.58 bits per heavy atom. The summed E-state index contributed by atoms with van der Waals surface area (Å²) in [6, 6.07) is 17.0. The highest BCUT2D eigenvalue weighted by molar-refractivity contribution is 8.14. The zero-order valence-electron chi connectivity index (χ0n) is 14.1. The van der Waals surface area contributed by atoms with Gasteiger partial charge in [0.15, 0.2) is 0 Å². The molecule has 2 rings (SSSR count). The van der Waals surface area contributed by atoms with Crippen LogP contribution in [0.3, 0.4) is 0 Å². The van der Waals surface area contributed by atoms with E-state index in [0.29, 0.717) is 5.69 Å². The van der Waals surface area contributed by atoms with Crippen molar-refractivity contribution in [2.75, 3.05) is 5.32 Å². The number of anilines is 1. The molecule has 0 radical (unpaired) electrons. The normalized spacial score (nSPS) is 11.5. The standard InChI is InChI=1S/C20H21NO2S/c1-20(2,3)19(23)21-16-11-7-8-12-17(16)24-18(22)14-13-15-9-5-4-6-10-15/h4-14H,1-3H3,(H,21,23). The fourth-order valence-electron chi connectivity index (χ4n) is 1.84. The summed E-state index contributed by atoms with van der Waals surface area (Å²) in [6.07, 6.45) is 3.33. The SMILES string of the molecule is CC(C)(C)C(=O)Nc1ccccc1SC(=O)C=Cc1ccccc1. The lowest BCUT2D eigenvalue weighted by Gasteiger charge is -2.18. The van der Waals surface area contributed by atoms with Gasteiger partial charge in [-0.05, 0) is 35.5 Å². The maximum absolute atomic E-state index is 12.2. The summed E-state index contributed by atoms with van der Waals surface area (Å²) in [4.78, 5) is 25.1. The minimum Gasteiger partial charge on any atom is -0.325 e. The molecule has 0 fully saturated rings. The quantitative estimate of drug-likeness (QED) is 0.629. The molecule has 0 saturated heterocycles. The second-order valence-corrected chi connectivity index (χ2v) is 7.41. The molecule has 0 atom stereocenters. The van der Waals surface area contributed by atoms with E-state index in [0.717, 1.165) is 22.2 Å². The highest BCUT2D eigenvalue weighted by Gasteiger charge is 2.22. The van der Waals surface area contributed by atoms with Crippen LogP contribution < -0.4 is 5.32 Å². The number of carbonyl (C=O) groups excluding carboxylic acids is 2. The largest absolute Gasteiger partial charge is 0.325 e. The van der Waals surface area contributed by atoms with Crippen molar-refractivity contribution in [3.05, 3.63) is 66.2 Å². The second-order valence-electron chi connectivity index (χ2n) is 6.37. The molecule has 2 aromatic rings. The average Bonchev–Trinajstić information content (AvgIpc) is 2.55. The summed E-state index contributed by atoms with van der Waals surface area (Å²) in [6.45, 7) is 5.56. The lowest BCUT2D eigenvalue weighted by atomic mass is 9.95. The van der Waals surface area contributed by atoms with Gasteiger partial charge < -0.3 is 5.32 Å². The van der Waals surface area contributed by atoms with Crippen molar-refractivity contribution in [1.82, 2.24) is 0 Å². The highest BCUT2D eigenvalue weighted by Crippen LogP contribution is 2.29. The molecule has 0 aromatic heterocycles. The molecule has 0 aliphatic carbocycles. The molecule has 0 saturated carbocycles. The van der Waals surface area contributed by atoms with Crippen molar-refractivity contribution in [3.63, 3.8) is 0 Å². The van der Waals surface area contributed by atoms with Crippen LogP contribution in [-0.4, -0.2) is 11.0 Å². The number of carbonyl (C=O) groups is 2. The number of hydrogen-bond donors (Lipinski definition) is 1. The zero-order chi connectivity index (χ0) is 17.6. The smallest absolute Gasteiger partial charge is 0.229 e. The van der Waals surface area contributed by atoms with Crippen molar-refractivity contribution in [3.8, 4) is 0 Å². The van der Waals surface area contributed by atoms with Gasteiger partial charge in [-0.2, -0.15) is 0 Å². The van der Waals surface area contributed by atoms with E-state index in [2.05, 4.69) is 5.32 Å². The molecule has 0 bridgehead atoms. The Morgan fingerprint density at radius 1 is 0.958 bits per heavy atom. The summed E-state index contributed by atoms with van der Waals surface area (Å²) < 4.78 is 0. The van der Waals surface area contributed by atoms with E-state index in [1.807, 2.05) is 69.3 Å². The molecular weight excluding hydrogens is 318 g/mol. The summed E-state index contributed by atoms with van der Waals surface area (Å²) >= 11 is 1.10. The summed E-state index contributed by atoms with van der Waals surface area (Å²) in [5, 5.41) is 2.81. The third kappa shape index (κ3) is 5.39. The molecular formula is C20H21NO2S. The lowest BCUT2D eigenvalue weighted by Crippen LogP contribution is -2.27. The number of hydrogen-bond acceptors (Lipinski definition) is 3. The third-order valence-electron chi connectivity index (χ3n) is 3.24. The Bertz CT molecular complexity index is 746. The number of benzene rings is 2. The third-order valence-corrected chi connectivity index (χ3v) is 4.15. The van der Waals surface area contributed by atoms with E-state index < -0.39 is 5.41 Å². The van der Waals surface area contributed by atoms with Gasteiger partial charge in [-0.25, -0.2) is 0 Å². The van der Waals surface area contributed by atoms with Crippen LogP contribution in [0.1, 0.15) is 26.3 Å². The highest BCUT2D eigenvalue weighted by atomic mass is 32.2. The minimum atomic E-state index is -0.491. The van der Waals surface area contributed by atoms with Crippen LogP contribution in [0.4, 0.5) is 5.69 Å². The van der Waals surface area contributed by atoms with E-state index in [4.69, 9.17) is 0 Å². The lowest BCUT2D eigenvalue weighted by molar-refractivity contribution is -0.123. The predicted octanol–water partition coefficient (Wildman–Crippen LogP) is 5.00.